The average Bonchev–Trinajstić information content (AvgIpc) is 3.03. The van der Waals surface area contributed by atoms with Crippen LogP contribution in [0, 0.1) is 5.82 Å². The monoisotopic (exact) mass is 381 g/mol. The molecule has 3 aromatic rings. The van der Waals surface area contributed by atoms with E-state index in [1.807, 2.05) is 58.0 Å². The van der Waals surface area contributed by atoms with Crippen LogP contribution in [0.15, 0.2) is 54.7 Å². The molecule has 0 radical (unpaired) electrons. The van der Waals surface area contributed by atoms with Gasteiger partial charge < -0.3 is 10.1 Å². The highest BCUT2D eigenvalue weighted by molar-refractivity contribution is 5.89. The Balaban J connectivity index is 1.79. The van der Waals surface area contributed by atoms with Gasteiger partial charge in [-0.3, -0.25) is 0 Å². The Hall–Kier alpha value is -3.15. The van der Waals surface area contributed by atoms with Gasteiger partial charge in [-0.05, 0) is 63.6 Å². The van der Waals surface area contributed by atoms with Crippen molar-refractivity contribution >= 4 is 23.1 Å². The standard InChI is InChI=1S/C22H24FN3O2/c1-15(25-21(27)28-22(2,3)4)8-9-16-6-5-7-20-19(16)14-24-26(20)18-12-10-17(23)11-13-18/h5-15H,1-4H3,(H,25,27). The molecule has 0 aliphatic heterocycles. The summed E-state index contributed by atoms with van der Waals surface area (Å²) in [7, 11) is 0. The second kappa shape index (κ2) is 7.84. The van der Waals surface area contributed by atoms with Crippen LogP contribution in [0.2, 0.25) is 0 Å². The Morgan fingerprint density at radius 3 is 2.61 bits per heavy atom. The highest BCUT2D eigenvalue weighted by Gasteiger charge is 2.16. The van der Waals surface area contributed by atoms with Crippen molar-refractivity contribution in [1.29, 1.82) is 0 Å². The first-order chi connectivity index (χ1) is 13.2. The summed E-state index contributed by atoms with van der Waals surface area (Å²) in [4.78, 5) is 11.9. The van der Waals surface area contributed by atoms with E-state index in [0.29, 0.717) is 0 Å². The Morgan fingerprint density at radius 2 is 1.93 bits per heavy atom. The van der Waals surface area contributed by atoms with E-state index in [0.717, 1.165) is 22.2 Å². The lowest BCUT2D eigenvalue weighted by molar-refractivity contribution is 0.0518. The van der Waals surface area contributed by atoms with Gasteiger partial charge in [0.15, 0.2) is 0 Å². The molecule has 28 heavy (non-hydrogen) atoms. The molecule has 3 rings (SSSR count). The lowest BCUT2D eigenvalue weighted by Gasteiger charge is -2.21. The SMILES string of the molecule is CC(C=Cc1cccc2c1cnn2-c1ccc(F)cc1)NC(=O)OC(C)(C)C. The van der Waals surface area contributed by atoms with Gasteiger partial charge in [0, 0.05) is 11.4 Å². The lowest BCUT2D eigenvalue weighted by Crippen LogP contribution is -2.36. The molecule has 0 spiro atoms. The maximum absolute atomic E-state index is 13.2. The highest BCUT2D eigenvalue weighted by Crippen LogP contribution is 2.23. The Labute approximate surface area is 163 Å². The lowest BCUT2D eigenvalue weighted by atomic mass is 10.1. The van der Waals surface area contributed by atoms with Crippen LogP contribution in [0.4, 0.5) is 9.18 Å². The molecule has 1 N–H and O–H groups in total. The zero-order chi connectivity index (χ0) is 20.3. The van der Waals surface area contributed by atoms with E-state index in [-0.39, 0.29) is 11.9 Å². The third-order valence-electron chi connectivity index (χ3n) is 4.03. The maximum atomic E-state index is 13.2. The number of hydrogen-bond acceptors (Lipinski definition) is 3. The Bertz CT molecular complexity index is 1000. The molecule has 6 heteroatoms. The van der Waals surface area contributed by atoms with Crippen LogP contribution in [0.5, 0.6) is 0 Å². The molecule has 0 saturated heterocycles. The molecule has 146 valence electrons. The Kier molecular flexibility index (Phi) is 5.49. The first-order valence-corrected chi connectivity index (χ1v) is 9.13. The predicted molar refractivity (Wildman–Crippen MR) is 109 cm³/mol. The molecule has 0 aliphatic carbocycles. The number of fused-ring (bicyclic) bond motifs is 1. The van der Waals surface area contributed by atoms with E-state index in [1.54, 1.807) is 23.0 Å². The number of aromatic nitrogens is 2. The summed E-state index contributed by atoms with van der Waals surface area (Å²) in [6.45, 7) is 7.36. The van der Waals surface area contributed by atoms with Crippen molar-refractivity contribution in [3.05, 3.63) is 66.1 Å². The number of nitrogens with one attached hydrogen (secondary N) is 1. The zero-order valence-electron chi connectivity index (χ0n) is 16.4. The fourth-order valence-corrected chi connectivity index (χ4v) is 2.80. The number of ether oxygens (including phenoxy) is 1. The number of benzene rings is 2. The minimum absolute atomic E-state index is 0.197. The molecule has 1 unspecified atom stereocenters. The quantitative estimate of drug-likeness (QED) is 0.685. The average molecular weight is 381 g/mol. The van der Waals surface area contributed by atoms with Crippen LogP contribution >= 0.6 is 0 Å². The molecule has 0 fully saturated rings. The first-order valence-electron chi connectivity index (χ1n) is 9.13. The predicted octanol–water partition coefficient (Wildman–Crippen LogP) is 5.09. The van der Waals surface area contributed by atoms with Crippen LogP contribution in [0.1, 0.15) is 33.3 Å². The van der Waals surface area contributed by atoms with Crippen molar-refractivity contribution in [2.75, 3.05) is 0 Å². The summed E-state index contributed by atoms with van der Waals surface area (Å²) >= 11 is 0. The van der Waals surface area contributed by atoms with Crippen molar-refractivity contribution in [3.8, 4) is 5.69 Å². The molecule has 0 bridgehead atoms. The number of hydrogen-bond donors (Lipinski definition) is 1. The molecule has 0 saturated carbocycles. The van der Waals surface area contributed by atoms with Crippen molar-refractivity contribution in [2.45, 2.75) is 39.3 Å². The largest absolute Gasteiger partial charge is 0.444 e. The number of carbonyl (C=O) groups is 1. The molecule has 1 aromatic heterocycles. The summed E-state index contributed by atoms with van der Waals surface area (Å²) in [6.07, 6.45) is 5.17. The number of rotatable bonds is 4. The molecule has 1 atom stereocenters. The molecule has 1 amide bonds. The minimum atomic E-state index is -0.534. The van der Waals surface area contributed by atoms with Gasteiger partial charge in [-0.15, -0.1) is 0 Å². The Morgan fingerprint density at radius 1 is 1.21 bits per heavy atom. The van der Waals surface area contributed by atoms with Gasteiger partial charge in [-0.25, -0.2) is 13.9 Å². The maximum Gasteiger partial charge on any atom is 0.408 e. The van der Waals surface area contributed by atoms with Gasteiger partial charge in [-0.1, -0.05) is 24.3 Å². The van der Waals surface area contributed by atoms with E-state index >= 15 is 0 Å². The van der Waals surface area contributed by atoms with Crippen molar-refractivity contribution in [1.82, 2.24) is 15.1 Å². The fraction of sp³-hybridized carbons (Fsp3) is 0.273. The number of halogens is 1. The molecule has 1 heterocycles. The van der Waals surface area contributed by atoms with Crippen molar-refractivity contribution in [2.24, 2.45) is 0 Å². The van der Waals surface area contributed by atoms with E-state index in [1.165, 1.54) is 12.1 Å². The first kappa shape index (κ1) is 19.6. The molecule has 2 aromatic carbocycles. The van der Waals surface area contributed by atoms with E-state index in [4.69, 9.17) is 4.74 Å². The van der Waals surface area contributed by atoms with Crippen LogP contribution < -0.4 is 5.32 Å². The van der Waals surface area contributed by atoms with Gasteiger partial charge in [-0.2, -0.15) is 5.10 Å². The number of carbonyl (C=O) groups excluding carboxylic acids is 1. The van der Waals surface area contributed by atoms with Gasteiger partial charge in [0.05, 0.1) is 17.4 Å². The number of amides is 1. The van der Waals surface area contributed by atoms with Crippen LogP contribution in [-0.4, -0.2) is 27.5 Å². The smallest absolute Gasteiger partial charge is 0.408 e. The van der Waals surface area contributed by atoms with Crippen molar-refractivity contribution < 1.29 is 13.9 Å². The van der Waals surface area contributed by atoms with Gasteiger partial charge in [0.25, 0.3) is 0 Å². The van der Waals surface area contributed by atoms with Crippen LogP contribution in [-0.2, 0) is 4.74 Å². The summed E-state index contributed by atoms with van der Waals surface area (Å²) < 4.78 is 20.2. The molecular formula is C22H24FN3O2. The molecule has 0 aliphatic rings. The van der Waals surface area contributed by atoms with Crippen LogP contribution in [0.25, 0.3) is 22.7 Å². The van der Waals surface area contributed by atoms with E-state index in [2.05, 4.69) is 10.4 Å². The molecular weight excluding hydrogens is 357 g/mol. The summed E-state index contributed by atoms with van der Waals surface area (Å²) in [6, 6.07) is 11.9. The van der Waals surface area contributed by atoms with E-state index in [9.17, 15) is 9.18 Å². The highest BCUT2D eigenvalue weighted by atomic mass is 19.1. The third-order valence-corrected chi connectivity index (χ3v) is 4.03. The summed E-state index contributed by atoms with van der Waals surface area (Å²) in [5.41, 5.74) is 2.15. The summed E-state index contributed by atoms with van der Waals surface area (Å²) in [5, 5.41) is 8.19. The van der Waals surface area contributed by atoms with Gasteiger partial charge in [0.2, 0.25) is 0 Å². The van der Waals surface area contributed by atoms with Gasteiger partial charge >= 0.3 is 6.09 Å². The third kappa shape index (κ3) is 4.76. The molecule has 5 nitrogen and oxygen atoms in total. The van der Waals surface area contributed by atoms with Crippen molar-refractivity contribution in [3.63, 3.8) is 0 Å². The van der Waals surface area contributed by atoms with Crippen LogP contribution in [0.3, 0.4) is 0 Å². The summed E-state index contributed by atoms with van der Waals surface area (Å²) in [5.74, 6) is -0.282. The normalized spacial score (nSPS) is 13.0. The minimum Gasteiger partial charge on any atom is -0.444 e. The topological polar surface area (TPSA) is 56.2 Å². The van der Waals surface area contributed by atoms with E-state index < -0.39 is 11.7 Å². The number of nitrogens with zero attached hydrogens (tertiary/aromatic N) is 2. The number of alkyl carbamates (subject to hydrolysis) is 1. The second-order valence-electron chi connectivity index (χ2n) is 7.61. The zero-order valence-corrected chi connectivity index (χ0v) is 16.4. The van der Waals surface area contributed by atoms with Gasteiger partial charge in [0.1, 0.15) is 11.4 Å². The fourth-order valence-electron chi connectivity index (χ4n) is 2.80. The second-order valence-corrected chi connectivity index (χ2v) is 7.61.